The maximum absolute atomic E-state index is 13.0. The Morgan fingerprint density at radius 1 is 1.38 bits per heavy atom. The predicted octanol–water partition coefficient (Wildman–Crippen LogP) is 3.32. The number of phosphoric ester groups is 1. The van der Waals surface area contributed by atoms with Gasteiger partial charge in [-0.25, -0.2) is 4.57 Å². The van der Waals surface area contributed by atoms with Crippen LogP contribution in [0.5, 0.6) is 0 Å². The Morgan fingerprint density at radius 2 is 2.00 bits per heavy atom. The van der Waals surface area contributed by atoms with Gasteiger partial charge in [0.25, 0.3) is 0 Å². The van der Waals surface area contributed by atoms with Crippen LogP contribution < -0.4 is 0 Å². The van der Waals surface area contributed by atoms with Gasteiger partial charge in [-0.05, 0) is 11.3 Å². The van der Waals surface area contributed by atoms with E-state index in [1.54, 1.807) is 5.92 Å². The summed E-state index contributed by atoms with van der Waals surface area (Å²) in [4.78, 5) is 10.4. The normalized spacial score (nSPS) is 19.4. The second kappa shape index (κ2) is 6.89. The van der Waals surface area contributed by atoms with Gasteiger partial charge in [0.15, 0.2) is 6.04 Å². The van der Waals surface area contributed by atoms with Gasteiger partial charge in [-0.15, -0.1) is 4.91 Å². The molecular formula is C11H11F3NO5P. The Bertz CT molecular complexity index is 565. The second-order valence-corrected chi connectivity index (χ2v) is 5.46. The summed E-state index contributed by atoms with van der Waals surface area (Å²) in [5.74, 6) is 3.10. The van der Waals surface area contributed by atoms with Crippen LogP contribution in [-0.4, -0.2) is 26.4 Å². The smallest absolute Gasteiger partial charge is 0.407 e. The van der Waals surface area contributed by atoms with Crippen LogP contribution in [0.25, 0.3) is 0 Å². The summed E-state index contributed by atoms with van der Waals surface area (Å²) in [7, 11) is -2.22. The van der Waals surface area contributed by atoms with Crippen molar-refractivity contribution < 1.29 is 31.3 Å². The fourth-order valence-corrected chi connectivity index (χ4v) is 2.06. The van der Waals surface area contributed by atoms with Crippen molar-refractivity contribution in [2.45, 2.75) is 18.6 Å². The topological polar surface area (TPSA) is 74.2 Å². The van der Waals surface area contributed by atoms with Crippen LogP contribution in [0, 0.1) is 16.7 Å². The Labute approximate surface area is 118 Å². The number of hydrogen-bond donors (Lipinski definition) is 0. The molecule has 0 aromatic rings. The number of nitrogens with zero attached hydrogens (tertiary/aromatic N) is 1. The molecule has 0 radical (unpaired) electrons. The predicted molar refractivity (Wildman–Crippen MR) is 66.9 cm³/mol. The SMILES string of the molecule is COP(=O)(OC)OC1=C(C(F)(F)F)C#C[C@@H](N=O)C=CC1. The monoisotopic (exact) mass is 325 g/mol. The van der Waals surface area contributed by atoms with E-state index in [2.05, 4.69) is 14.2 Å². The van der Waals surface area contributed by atoms with Gasteiger partial charge in [-0.1, -0.05) is 17.9 Å². The molecule has 1 rings (SSSR count). The van der Waals surface area contributed by atoms with Crippen LogP contribution in [0.2, 0.25) is 0 Å². The van der Waals surface area contributed by atoms with Crippen LogP contribution in [0.15, 0.2) is 28.7 Å². The van der Waals surface area contributed by atoms with E-state index in [-0.39, 0.29) is 0 Å². The average molecular weight is 325 g/mol. The van der Waals surface area contributed by atoms with Crippen molar-refractivity contribution in [3.05, 3.63) is 28.4 Å². The van der Waals surface area contributed by atoms with Crippen molar-refractivity contribution in [1.82, 2.24) is 0 Å². The largest absolute Gasteiger partial charge is 0.529 e. The molecule has 0 aliphatic heterocycles. The van der Waals surface area contributed by atoms with Crippen molar-refractivity contribution in [1.29, 1.82) is 0 Å². The quantitative estimate of drug-likeness (QED) is 0.335. The molecule has 0 heterocycles. The maximum Gasteiger partial charge on any atom is 0.529 e. The molecule has 0 spiro atoms. The van der Waals surface area contributed by atoms with Gasteiger partial charge in [0, 0.05) is 20.6 Å². The Balaban J connectivity index is 3.32. The lowest BCUT2D eigenvalue weighted by atomic mass is 10.1. The average Bonchev–Trinajstić information content (AvgIpc) is 2.40. The number of nitroso groups, excluding NO2 is 1. The number of rotatable bonds is 5. The molecule has 0 unspecified atom stereocenters. The van der Waals surface area contributed by atoms with Gasteiger partial charge in [-0.3, -0.25) is 9.05 Å². The highest BCUT2D eigenvalue weighted by Gasteiger charge is 2.39. The standard InChI is InChI=1S/C11H11F3NO5P/c1-18-21(17,19-2)20-10-5-3-4-8(15-16)6-7-9(10)11(12,13)14/h3-4,8H,5H2,1-2H3/t8-/m0/s1. The summed E-state index contributed by atoms with van der Waals surface area (Å²) in [6, 6.07) is -1.19. The Hall–Kier alpha value is -1.62. The van der Waals surface area contributed by atoms with Crippen molar-refractivity contribution in [2.75, 3.05) is 14.2 Å². The van der Waals surface area contributed by atoms with Crippen LogP contribution in [0.3, 0.4) is 0 Å². The molecule has 1 aliphatic rings. The highest BCUT2D eigenvalue weighted by atomic mass is 31.2. The molecule has 0 amide bonds. The lowest BCUT2D eigenvalue weighted by Crippen LogP contribution is -2.16. The summed E-state index contributed by atoms with van der Waals surface area (Å²) < 4.78 is 64.3. The van der Waals surface area contributed by atoms with Gasteiger partial charge in [-0.2, -0.15) is 13.2 Å². The van der Waals surface area contributed by atoms with Crippen molar-refractivity contribution in [3.8, 4) is 11.8 Å². The third-order valence-corrected chi connectivity index (χ3v) is 3.65. The molecule has 0 saturated heterocycles. The van der Waals surface area contributed by atoms with Crippen LogP contribution in [0.4, 0.5) is 13.2 Å². The van der Waals surface area contributed by atoms with Crippen LogP contribution >= 0.6 is 7.82 Å². The molecule has 0 bridgehead atoms. The zero-order chi connectivity index (χ0) is 16.1. The van der Waals surface area contributed by atoms with Gasteiger partial charge in [0.1, 0.15) is 11.3 Å². The summed E-state index contributed by atoms with van der Waals surface area (Å²) in [6.45, 7) is 0. The van der Waals surface area contributed by atoms with E-state index in [4.69, 9.17) is 4.52 Å². The molecule has 1 aliphatic carbocycles. The lowest BCUT2D eigenvalue weighted by molar-refractivity contribution is -0.0898. The minimum absolute atomic E-state index is 0.397. The lowest BCUT2D eigenvalue weighted by Gasteiger charge is -2.19. The summed E-state index contributed by atoms with van der Waals surface area (Å²) in [5, 5.41) is 2.55. The first kappa shape index (κ1) is 17.4. The maximum atomic E-state index is 13.0. The van der Waals surface area contributed by atoms with E-state index >= 15 is 0 Å². The molecule has 0 fully saturated rings. The highest BCUT2D eigenvalue weighted by Crippen LogP contribution is 2.51. The minimum Gasteiger partial charge on any atom is -0.407 e. The molecule has 0 N–H and O–H groups in total. The third kappa shape index (κ3) is 4.70. The molecule has 21 heavy (non-hydrogen) atoms. The number of phosphoric acid groups is 1. The van der Waals surface area contributed by atoms with Crippen molar-refractivity contribution >= 4 is 7.82 Å². The number of alkyl halides is 3. The number of hydrogen-bond acceptors (Lipinski definition) is 6. The zero-order valence-electron chi connectivity index (χ0n) is 11.0. The highest BCUT2D eigenvalue weighted by molar-refractivity contribution is 7.48. The van der Waals surface area contributed by atoms with E-state index in [0.717, 1.165) is 14.2 Å². The van der Waals surface area contributed by atoms with Crippen molar-refractivity contribution in [3.63, 3.8) is 0 Å². The summed E-state index contributed by atoms with van der Waals surface area (Å²) in [5.41, 5.74) is -1.37. The van der Waals surface area contributed by atoms with E-state index in [1.807, 2.05) is 5.92 Å². The first-order valence-electron chi connectivity index (χ1n) is 5.48. The molecule has 116 valence electrons. The fraction of sp³-hybridized carbons (Fsp3) is 0.455. The zero-order valence-corrected chi connectivity index (χ0v) is 11.9. The molecule has 0 saturated carbocycles. The summed E-state index contributed by atoms with van der Waals surface area (Å²) in [6.07, 6.45) is -2.84. The number of allylic oxidation sites excluding steroid dienone is 2. The molecule has 6 nitrogen and oxygen atoms in total. The van der Waals surface area contributed by atoms with Gasteiger partial charge < -0.3 is 4.52 Å². The fourth-order valence-electron chi connectivity index (χ4n) is 1.33. The molecular weight excluding hydrogens is 314 g/mol. The molecule has 1 atom stereocenters. The molecule has 0 aromatic carbocycles. The van der Waals surface area contributed by atoms with Gasteiger partial charge in [0.05, 0.1) is 0 Å². The third-order valence-electron chi connectivity index (χ3n) is 2.31. The first-order chi connectivity index (χ1) is 9.75. The summed E-state index contributed by atoms with van der Waals surface area (Å²) >= 11 is 0. The second-order valence-electron chi connectivity index (χ2n) is 3.65. The van der Waals surface area contributed by atoms with Crippen LogP contribution in [0.1, 0.15) is 6.42 Å². The molecule has 10 heteroatoms. The Morgan fingerprint density at radius 3 is 2.48 bits per heavy atom. The minimum atomic E-state index is -4.85. The van der Waals surface area contributed by atoms with Crippen molar-refractivity contribution in [2.24, 2.45) is 5.18 Å². The van der Waals surface area contributed by atoms with E-state index in [1.165, 1.54) is 12.2 Å². The van der Waals surface area contributed by atoms with Gasteiger partial charge >= 0.3 is 14.0 Å². The van der Waals surface area contributed by atoms with E-state index < -0.39 is 37.8 Å². The molecule has 0 aromatic heterocycles. The Kier molecular flexibility index (Phi) is 5.72. The van der Waals surface area contributed by atoms with E-state index in [0.29, 0.717) is 0 Å². The van der Waals surface area contributed by atoms with E-state index in [9.17, 15) is 22.6 Å². The van der Waals surface area contributed by atoms with Gasteiger partial charge in [0.2, 0.25) is 0 Å². The first-order valence-corrected chi connectivity index (χ1v) is 6.94. The van der Waals surface area contributed by atoms with Crippen LogP contribution in [-0.2, 0) is 18.1 Å². The number of halogens is 3.